The van der Waals surface area contributed by atoms with E-state index >= 15 is 0 Å². The van der Waals surface area contributed by atoms with Gasteiger partial charge in [-0.25, -0.2) is 0 Å². The molecule has 108 valence electrons. The molecule has 0 amide bonds. The normalized spacial score (nSPS) is 29.3. The van der Waals surface area contributed by atoms with Crippen LogP contribution in [0.1, 0.15) is 31.2 Å². The average molecular weight is 290 g/mol. The first-order valence-corrected chi connectivity index (χ1v) is 8.70. The molecule has 3 aliphatic rings. The highest BCUT2D eigenvalue weighted by Crippen LogP contribution is 2.48. The summed E-state index contributed by atoms with van der Waals surface area (Å²) in [6, 6.07) is 4.98. The molecule has 3 heterocycles. The van der Waals surface area contributed by atoms with Gasteiger partial charge in [0.25, 0.3) is 0 Å². The van der Waals surface area contributed by atoms with Gasteiger partial charge < -0.3 is 4.74 Å². The molecule has 4 rings (SSSR count). The van der Waals surface area contributed by atoms with E-state index in [1.807, 2.05) is 18.5 Å². The van der Waals surface area contributed by atoms with Crippen LogP contribution in [-0.2, 0) is 11.3 Å². The molecular formula is C16H22N2OS. The molecule has 2 aliphatic heterocycles. The zero-order chi connectivity index (χ0) is 13.4. The van der Waals surface area contributed by atoms with E-state index in [4.69, 9.17) is 4.74 Å². The Morgan fingerprint density at radius 3 is 3.00 bits per heavy atom. The van der Waals surface area contributed by atoms with Gasteiger partial charge in [0.1, 0.15) is 0 Å². The number of hydrogen-bond donors (Lipinski definition) is 0. The second-order valence-corrected chi connectivity index (χ2v) is 7.97. The lowest BCUT2D eigenvalue weighted by atomic mass is 9.84. The molecule has 0 radical (unpaired) electrons. The standard InChI is InChI=1S/C16H22N2OS/c1-4-14(5-1)18-11-16(12-18)7-15(10-20-16)19-9-13-3-2-6-17-8-13/h2-3,6,8,14-15H,1,4-5,7,9-12H2/t15-/m1/s1. The van der Waals surface area contributed by atoms with Crippen molar-refractivity contribution in [2.45, 2.75) is 49.2 Å². The molecular weight excluding hydrogens is 268 g/mol. The Morgan fingerprint density at radius 2 is 2.30 bits per heavy atom. The Bertz CT molecular complexity index is 457. The maximum absolute atomic E-state index is 6.08. The quantitative estimate of drug-likeness (QED) is 0.851. The molecule has 1 aromatic rings. The van der Waals surface area contributed by atoms with Gasteiger partial charge in [-0.05, 0) is 30.9 Å². The Kier molecular flexibility index (Phi) is 3.49. The molecule has 1 aromatic heterocycles. The number of rotatable bonds is 4. The van der Waals surface area contributed by atoms with Crippen LogP contribution >= 0.6 is 11.8 Å². The SMILES string of the molecule is c1cncc(CO[C@H]2CSC3(C2)CN(C2CCC2)C3)c1. The zero-order valence-corrected chi connectivity index (χ0v) is 12.6. The van der Waals surface area contributed by atoms with E-state index in [1.165, 1.54) is 50.1 Å². The summed E-state index contributed by atoms with van der Waals surface area (Å²) in [6.07, 6.45) is 9.69. The van der Waals surface area contributed by atoms with Gasteiger partial charge in [-0.1, -0.05) is 12.5 Å². The summed E-state index contributed by atoms with van der Waals surface area (Å²) < 4.78 is 6.60. The number of nitrogens with zero attached hydrogens (tertiary/aromatic N) is 2. The third-order valence-corrected chi connectivity index (χ3v) is 6.53. The lowest BCUT2D eigenvalue weighted by molar-refractivity contribution is 0.000368. The predicted octanol–water partition coefficient (Wildman–Crippen LogP) is 2.71. The summed E-state index contributed by atoms with van der Waals surface area (Å²) in [5, 5.41) is 0. The highest BCUT2D eigenvalue weighted by atomic mass is 32.2. The van der Waals surface area contributed by atoms with Crippen molar-refractivity contribution < 1.29 is 4.74 Å². The summed E-state index contributed by atoms with van der Waals surface area (Å²) in [4.78, 5) is 6.83. The van der Waals surface area contributed by atoms with Crippen molar-refractivity contribution in [3.8, 4) is 0 Å². The number of thioether (sulfide) groups is 1. The van der Waals surface area contributed by atoms with Crippen molar-refractivity contribution in [1.29, 1.82) is 0 Å². The van der Waals surface area contributed by atoms with Crippen LogP contribution in [0.4, 0.5) is 0 Å². The fourth-order valence-corrected chi connectivity index (χ4v) is 5.10. The van der Waals surface area contributed by atoms with Crippen molar-refractivity contribution in [2.24, 2.45) is 0 Å². The van der Waals surface area contributed by atoms with Crippen LogP contribution in [0.25, 0.3) is 0 Å². The van der Waals surface area contributed by atoms with Crippen molar-refractivity contribution in [1.82, 2.24) is 9.88 Å². The maximum Gasteiger partial charge on any atom is 0.0736 e. The second-order valence-electron chi connectivity index (χ2n) is 6.48. The molecule has 1 saturated carbocycles. The van der Waals surface area contributed by atoms with Gasteiger partial charge in [-0.15, -0.1) is 11.8 Å². The van der Waals surface area contributed by atoms with E-state index < -0.39 is 0 Å². The largest absolute Gasteiger partial charge is 0.373 e. The van der Waals surface area contributed by atoms with Crippen molar-refractivity contribution in [2.75, 3.05) is 18.8 Å². The van der Waals surface area contributed by atoms with Crippen LogP contribution in [-0.4, -0.2) is 45.6 Å². The second kappa shape index (κ2) is 5.32. The van der Waals surface area contributed by atoms with E-state index in [0.717, 1.165) is 6.04 Å². The molecule has 0 aromatic carbocycles. The number of ether oxygens (including phenoxy) is 1. The minimum atomic E-state index is 0.434. The molecule has 0 unspecified atom stereocenters. The summed E-state index contributed by atoms with van der Waals surface area (Å²) in [6.45, 7) is 3.31. The van der Waals surface area contributed by atoms with Gasteiger partial charge in [0, 0.05) is 42.0 Å². The lowest BCUT2D eigenvalue weighted by Crippen LogP contribution is -2.63. The number of aromatic nitrogens is 1. The van der Waals surface area contributed by atoms with Gasteiger partial charge in [0.05, 0.1) is 12.7 Å². The van der Waals surface area contributed by atoms with Gasteiger partial charge >= 0.3 is 0 Å². The summed E-state index contributed by atoms with van der Waals surface area (Å²) in [5.41, 5.74) is 1.18. The molecule has 1 atom stereocenters. The van der Waals surface area contributed by atoms with Gasteiger partial charge in [0.15, 0.2) is 0 Å². The number of pyridine rings is 1. The molecule has 4 heteroatoms. The van der Waals surface area contributed by atoms with Gasteiger partial charge in [0.2, 0.25) is 0 Å². The van der Waals surface area contributed by atoms with Crippen LogP contribution in [0.3, 0.4) is 0 Å². The molecule has 3 nitrogen and oxygen atoms in total. The summed E-state index contributed by atoms with van der Waals surface area (Å²) in [7, 11) is 0. The van der Waals surface area contributed by atoms with E-state index in [1.54, 1.807) is 0 Å². The van der Waals surface area contributed by atoms with Gasteiger partial charge in [-0.2, -0.15) is 0 Å². The number of likely N-dealkylation sites (tertiary alicyclic amines) is 1. The molecule has 1 spiro atoms. The van der Waals surface area contributed by atoms with Gasteiger partial charge in [-0.3, -0.25) is 9.88 Å². The lowest BCUT2D eigenvalue weighted by Gasteiger charge is -2.53. The van der Waals surface area contributed by atoms with E-state index in [9.17, 15) is 0 Å². The highest BCUT2D eigenvalue weighted by Gasteiger charge is 2.51. The monoisotopic (exact) mass is 290 g/mol. The highest BCUT2D eigenvalue weighted by molar-refractivity contribution is 8.01. The number of hydrogen-bond acceptors (Lipinski definition) is 4. The van der Waals surface area contributed by atoms with Crippen molar-refractivity contribution in [3.63, 3.8) is 0 Å². The third-order valence-electron chi connectivity index (χ3n) is 4.96. The summed E-state index contributed by atoms with van der Waals surface area (Å²) >= 11 is 2.15. The Morgan fingerprint density at radius 1 is 1.40 bits per heavy atom. The maximum atomic E-state index is 6.08. The van der Waals surface area contributed by atoms with E-state index in [2.05, 4.69) is 27.7 Å². The van der Waals surface area contributed by atoms with Crippen LogP contribution in [0.5, 0.6) is 0 Å². The average Bonchev–Trinajstić information content (AvgIpc) is 2.80. The Labute approximate surface area is 125 Å². The molecule has 3 fully saturated rings. The van der Waals surface area contributed by atoms with Crippen molar-refractivity contribution >= 4 is 11.8 Å². The first kappa shape index (κ1) is 13.1. The fraction of sp³-hybridized carbons (Fsp3) is 0.688. The van der Waals surface area contributed by atoms with Crippen LogP contribution in [0.2, 0.25) is 0 Å². The Balaban J connectivity index is 1.25. The van der Waals surface area contributed by atoms with Crippen LogP contribution in [0.15, 0.2) is 24.5 Å². The predicted molar refractivity (Wildman–Crippen MR) is 81.8 cm³/mol. The molecule has 0 bridgehead atoms. The Hall–Kier alpha value is -0.580. The first-order valence-electron chi connectivity index (χ1n) is 7.72. The van der Waals surface area contributed by atoms with Crippen LogP contribution < -0.4 is 0 Å². The minimum absolute atomic E-state index is 0.434. The van der Waals surface area contributed by atoms with E-state index in [0.29, 0.717) is 17.5 Å². The summed E-state index contributed by atoms with van der Waals surface area (Å²) in [5.74, 6) is 1.17. The van der Waals surface area contributed by atoms with Crippen molar-refractivity contribution in [3.05, 3.63) is 30.1 Å². The molecule has 1 aliphatic carbocycles. The molecule has 0 N–H and O–H groups in total. The van der Waals surface area contributed by atoms with Crippen LogP contribution in [0, 0.1) is 0 Å². The van der Waals surface area contributed by atoms with E-state index in [-0.39, 0.29) is 0 Å². The molecule has 20 heavy (non-hydrogen) atoms. The third kappa shape index (κ3) is 2.49. The minimum Gasteiger partial charge on any atom is -0.373 e. The molecule has 2 saturated heterocycles. The first-order chi connectivity index (χ1) is 9.83. The zero-order valence-electron chi connectivity index (χ0n) is 11.8. The smallest absolute Gasteiger partial charge is 0.0736 e. The topological polar surface area (TPSA) is 25.4 Å². The fourth-order valence-electron chi connectivity index (χ4n) is 3.53.